The molecule has 2 N–H and O–H groups in total. The van der Waals surface area contributed by atoms with Gasteiger partial charge in [-0.3, -0.25) is 0 Å². The van der Waals surface area contributed by atoms with Crippen LogP contribution in [0.1, 0.15) is 49.3 Å². The first kappa shape index (κ1) is 18.3. The second-order valence-electron chi connectivity index (χ2n) is 6.36. The molecule has 0 aliphatic rings. The lowest BCUT2D eigenvalue weighted by Crippen LogP contribution is -2.15. The van der Waals surface area contributed by atoms with Gasteiger partial charge in [0.2, 0.25) is 0 Å². The number of hydrogen-bond donors (Lipinski definition) is 1. The molecule has 0 spiro atoms. The standard InChI is InChI=1S/C21H29NO2/c1-5-24-20-9-6-16(7-10-20)19(14-22)13-18-12-17(15(2)3)8-11-21(18)23-4/h6-12,15,19H,5,13-14,22H2,1-4H3. The van der Waals surface area contributed by atoms with Crippen LogP contribution in [0.4, 0.5) is 0 Å². The third-order valence-corrected chi connectivity index (χ3v) is 4.38. The fourth-order valence-electron chi connectivity index (χ4n) is 2.92. The van der Waals surface area contributed by atoms with Crippen molar-refractivity contribution in [1.29, 1.82) is 0 Å². The van der Waals surface area contributed by atoms with Gasteiger partial charge < -0.3 is 15.2 Å². The van der Waals surface area contributed by atoms with Crippen molar-refractivity contribution in [2.75, 3.05) is 20.3 Å². The summed E-state index contributed by atoms with van der Waals surface area (Å²) in [6.45, 7) is 7.68. The van der Waals surface area contributed by atoms with E-state index < -0.39 is 0 Å². The Morgan fingerprint density at radius 1 is 1.00 bits per heavy atom. The molecule has 0 radical (unpaired) electrons. The zero-order chi connectivity index (χ0) is 17.5. The quantitative estimate of drug-likeness (QED) is 0.776. The van der Waals surface area contributed by atoms with Crippen LogP contribution >= 0.6 is 0 Å². The smallest absolute Gasteiger partial charge is 0.122 e. The molecular weight excluding hydrogens is 298 g/mol. The van der Waals surface area contributed by atoms with Crippen LogP contribution in [0.3, 0.4) is 0 Å². The Labute approximate surface area is 145 Å². The van der Waals surface area contributed by atoms with Gasteiger partial charge in [0.1, 0.15) is 11.5 Å². The molecule has 0 heterocycles. The van der Waals surface area contributed by atoms with Crippen LogP contribution < -0.4 is 15.2 Å². The minimum atomic E-state index is 0.261. The molecule has 1 unspecified atom stereocenters. The van der Waals surface area contributed by atoms with Crippen molar-refractivity contribution in [3.05, 3.63) is 59.2 Å². The summed E-state index contributed by atoms with van der Waals surface area (Å²) in [6.07, 6.45) is 0.869. The van der Waals surface area contributed by atoms with E-state index in [1.807, 2.05) is 19.1 Å². The molecule has 0 saturated carbocycles. The van der Waals surface area contributed by atoms with Crippen molar-refractivity contribution >= 4 is 0 Å². The molecule has 2 aromatic carbocycles. The summed E-state index contributed by atoms with van der Waals surface area (Å²) in [4.78, 5) is 0. The van der Waals surface area contributed by atoms with E-state index in [0.29, 0.717) is 19.1 Å². The fourth-order valence-corrected chi connectivity index (χ4v) is 2.92. The average molecular weight is 327 g/mol. The Bertz CT molecular complexity index is 635. The van der Waals surface area contributed by atoms with E-state index in [-0.39, 0.29) is 5.92 Å². The summed E-state index contributed by atoms with van der Waals surface area (Å²) >= 11 is 0. The molecular formula is C21H29NO2. The molecule has 0 aliphatic heterocycles. The molecule has 0 bridgehead atoms. The molecule has 3 nitrogen and oxygen atoms in total. The fraction of sp³-hybridized carbons (Fsp3) is 0.429. The van der Waals surface area contributed by atoms with Crippen LogP contribution in [0, 0.1) is 0 Å². The minimum Gasteiger partial charge on any atom is -0.496 e. The Morgan fingerprint density at radius 2 is 1.67 bits per heavy atom. The highest BCUT2D eigenvalue weighted by Gasteiger charge is 2.15. The molecule has 0 aromatic heterocycles. The summed E-state index contributed by atoms with van der Waals surface area (Å²) < 4.78 is 11.1. The van der Waals surface area contributed by atoms with E-state index in [4.69, 9.17) is 15.2 Å². The van der Waals surface area contributed by atoms with Crippen LogP contribution in [0.25, 0.3) is 0 Å². The first-order valence-electron chi connectivity index (χ1n) is 8.68. The van der Waals surface area contributed by atoms with E-state index in [9.17, 15) is 0 Å². The highest BCUT2D eigenvalue weighted by Crippen LogP contribution is 2.30. The molecule has 24 heavy (non-hydrogen) atoms. The van der Waals surface area contributed by atoms with E-state index in [2.05, 4.69) is 44.2 Å². The molecule has 0 aliphatic carbocycles. The number of hydrogen-bond acceptors (Lipinski definition) is 3. The second-order valence-corrected chi connectivity index (χ2v) is 6.36. The van der Waals surface area contributed by atoms with Crippen LogP contribution in [0.15, 0.2) is 42.5 Å². The maximum atomic E-state index is 6.07. The van der Waals surface area contributed by atoms with E-state index in [1.165, 1.54) is 16.7 Å². The zero-order valence-corrected chi connectivity index (χ0v) is 15.2. The Morgan fingerprint density at radius 3 is 2.21 bits per heavy atom. The van der Waals surface area contributed by atoms with Gasteiger partial charge in [0.05, 0.1) is 13.7 Å². The highest BCUT2D eigenvalue weighted by atomic mass is 16.5. The van der Waals surface area contributed by atoms with Crippen molar-refractivity contribution in [1.82, 2.24) is 0 Å². The SMILES string of the molecule is CCOc1ccc(C(CN)Cc2cc(C(C)C)ccc2OC)cc1. The number of rotatable bonds is 8. The van der Waals surface area contributed by atoms with Gasteiger partial charge in [-0.25, -0.2) is 0 Å². The van der Waals surface area contributed by atoms with Gasteiger partial charge in [-0.05, 0) is 60.7 Å². The largest absolute Gasteiger partial charge is 0.496 e. The third kappa shape index (κ3) is 4.51. The van der Waals surface area contributed by atoms with Gasteiger partial charge in [0.25, 0.3) is 0 Å². The van der Waals surface area contributed by atoms with Crippen molar-refractivity contribution in [2.24, 2.45) is 5.73 Å². The summed E-state index contributed by atoms with van der Waals surface area (Å²) in [5.74, 6) is 2.59. The summed E-state index contributed by atoms with van der Waals surface area (Å²) in [7, 11) is 1.72. The van der Waals surface area contributed by atoms with Crippen molar-refractivity contribution in [3.8, 4) is 11.5 Å². The maximum Gasteiger partial charge on any atom is 0.122 e. The topological polar surface area (TPSA) is 44.5 Å². The molecule has 3 heteroatoms. The van der Waals surface area contributed by atoms with Crippen LogP contribution in [0.5, 0.6) is 11.5 Å². The minimum absolute atomic E-state index is 0.261. The van der Waals surface area contributed by atoms with E-state index in [0.717, 1.165) is 17.9 Å². The average Bonchev–Trinajstić information content (AvgIpc) is 2.60. The monoisotopic (exact) mass is 327 g/mol. The summed E-state index contributed by atoms with van der Waals surface area (Å²) in [5, 5.41) is 0. The lowest BCUT2D eigenvalue weighted by Gasteiger charge is -2.19. The van der Waals surface area contributed by atoms with Crippen LogP contribution in [-0.4, -0.2) is 20.3 Å². The van der Waals surface area contributed by atoms with Crippen LogP contribution in [-0.2, 0) is 6.42 Å². The number of ether oxygens (including phenoxy) is 2. The lowest BCUT2D eigenvalue weighted by atomic mass is 9.89. The summed E-state index contributed by atoms with van der Waals surface area (Å²) in [5.41, 5.74) is 9.84. The predicted molar refractivity (Wildman–Crippen MR) is 100 cm³/mol. The normalized spacial score (nSPS) is 12.2. The van der Waals surface area contributed by atoms with Crippen molar-refractivity contribution < 1.29 is 9.47 Å². The van der Waals surface area contributed by atoms with Gasteiger partial charge in [-0.2, -0.15) is 0 Å². The Hall–Kier alpha value is -2.00. The Balaban J connectivity index is 2.24. The van der Waals surface area contributed by atoms with Gasteiger partial charge >= 0.3 is 0 Å². The zero-order valence-electron chi connectivity index (χ0n) is 15.2. The number of methoxy groups -OCH3 is 1. The number of nitrogens with two attached hydrogens (primary N) is 1. The number of benzene rings is 2. The molecule has 1 atom stereocenters. The Kier molecular flexibility index (Phi) is 6.68. The van der Waals surface area contributed by atoms with E-state index in [1.54, 1.807) is 7.11 Å². The predicted octanol–water partition coefficient (Wildman–Crippen LogP) is 4.50. The van der Waals surface area contributed by atoms with E-state index >= 15 is 0 Å². The molecule has 130 valence electrons. The molecule has 2 rings (SSSR count). The summed E-state index contributed by atoms with van der Waals surface area (Å²) in [6, 6.07) is 14.7. The van der Waals surface area contributed by atoms with Gasteiger partial charge in [0, 0.05) is 5.92 Å². The van der Waals surface area contributed by atoms with Crippen LogP contribution in [0.2, 0.25) is 0 Å². The first-order chi connectivity index (χ1) is 11.6. The first-order valence-corrected chi connectivity index (χ1v) is 8.68. The second kappa shape index (κ2) is 8.74. The lowest BCUT2D eigenvalue weighted by molar-refractivity contribution is 0.340. The van der Waals surface area contributed by atoms with Crippen molar-refractivity contribution in [2.45, 2.75) is 39.0 Å². The maximum absolute atomic E-state index is 6.07. The molecule has 2 aromatic rings. The molecule has 0 saturated heterocycles. The van der Waals surface area contributed by atoms with Gasteiger partial charge in [-0.1, -0.05) is 38.1 Å². The molecule has 0 amide bonds. The molecule has 0 fully saturated rings. The van der Waals surface area contributed by atoms with Gasteiger partial charge in [0.15, 0.2) is 0 Å². The van der Waals surface area contributed by atoms with Gasteiger partial charge in [-0.15, -0.1) is 0 Å². The van der Waals surface area contributed by atoms with Crippen molar-refractivity contribution in [3.63, 3.8) is 0 Å². The highest BCUT2D eigenvalue weighted by molar-refractivity contribution is 5.40. The third-order valence-electron chi connectivity index (χ3n) is 4.38.